The highest BCUT2D eigenvalue weighted by Crippen LogP contribution is 2.59. The van der Waals surface area contributed by atoms with Gasteiger partial charge < -0.3 is 20.5 Å². The van der Waals surface area contributed by atoms with Crippen molar-refractivity contribution in [2.24, 2.45) is 23.7 Å². The molecule has 2 amide bonds. The molecule has 10 fully saturated rings. The average molecular weight is 621 g/mol. The largest absolute Gasteiger partial charge is 0.390 e. The maximum absolute atomic E-state index is 12.5. The fourth-order valence-corrected chi connectivity index (χ4v) is 12.1. The molecule has 8 saturated carbocycles. The summed E-state index contributed by atoms with van der Waals surface area (Å²) in [6, 6.07) is 0. The number of methoxy groups -OCH3 is 1. The van der Waals surface area contributed by atoms with Crippen LogP contribution in [0.2, 0.25) is 0 Å². The molecule has 45 heavy (non-hydrogen) atoms. The van der Waals surface area contributed by atoms with E-state index in [2.05, 4.69) is 20.3 Å². The van der Waals surface area contributed by atoms with Gasteiger partial charge in [0.25, 0.3) is 0 Å². The molecule has 10 aliphatic rings. The first kappa shape index (κ1) is 31.4. The zero-order chi connectivity index (χ0) is 31.5. The number of nitrogens with one attached hydrogen (secondary N) is 2. The van der Waals surface area contributed by atoms with Crippen LogP contribution in [0.25, 0.3) is 9.69 Å². The molecular formula is C35H52N6O4. The first-order valence-electron chi connectivity index (χ1n) is 17.7. The Labute approximate surface area is 268 Å². The number of aliphatic hydroxyl groups is 1. The van der Waals surface area contributed by atoms with Crippen LogP contribution in [0.3, 0.4) is 0 Å². The molecule has 10 rings (SSSR count). The zero-order valence-electron chi connectivity index (χ0n) is 27.1. The molecule has 6 atom stereocenters. The predicted octanol–water partition coefficient (Wildman–Crippen LogP) is 3.71. The second kappa shape index (κ2) is 11.8. The summed E-state index contributed by atoms with van der Waals surface area (Å²) >= 11 is 0. The number of hydrogen-bond acceptors (Lipinski definition) is 6. The van der Waals surface area contributed by atoms with Gasteiger partial charge >= 0.3 is 12.3 Å². The van der Waals surface area contributed by atoms with E-state index in [1.165, 1.54) is 38.5 Å². The molecule has 10 heteroatoms. The topological polar surface area (TPSA) is 103 Å². The molecule has 2 saturated heterocycles. The van der Waals surface area contributed by atoms with Crippen LogP contribution in [0.1, 0.15) is 103 Å². The van der Waals surface area contributed by atoms with E-state index in [1.807, 2.05) is 7.11 Å². The van der Waals surface area contributed by atoms with Gasteiger partial charge in [0.2, 0.25) is 11.8 Å². The number of carbonyl (C=O) groups excluding carboxylic acids is 2. The first-order valence-corrected chi connectivity index (χ1v) is 17.7. The third-order valence-electron chi connectivity index (χ3n) is 13.1. The SMILES string of the molecule is [C-]#[N+][C@@H]1CCCN1C(=O)CNC12CC3CC(C1)CC(OC)(C3)C2.[C-]#[N+][C@@H]1CCCN1C(=O)CNC12CC3CC(CC(O)(C3)C1)C2. The van der Waals surface area contributed by atoms with Crippen molar-refractivity contribution in [1.82, 2.24) is 20.4 Å². The van der Waals surface area contributed by atoms with Crippen LogP contribution in [0.5, 0.6) is 0 Å². The monoisotopic (exact) mass is 620 g/mol. The standard InChI is InChI=1S/C18H27N3O2.C17H25N3O2/c1-19-15-4-3-5-21(15)16(22)11-20-17-7-13-6-14(8-17)10-18(9-13,12-17)23-2;1-18-14-3-2-4-20(14)15(21)10-19-16-6-12-5-13(7-16)9-17(22,8-12)11-16/h13-15,20H,3-12H2,2H3;12-14,19,22H,2-11H2/t13?,14?,15-,17?,18?;12?,13?,14-,16?,17?/m00/s1. The van der Waals surface area contributed by atoms with Gasteiger partial charge in [0.15, 0.2) is 0 Å². The highest BCUT2D eigenvalue weighted by molar-refractivity contribution is 5.79. The summed E-state index contributed by atoms with van der Waals surface area (Å²) in [6.45, 7) is 16.6. The van der Waals surface area contributed by atoms with Crippen LogP contribution < -0.4 is 10.6 Å². The molecule has 2 aliphatic heterocycles. The van der Waals surface area contributed by atoms with E-state index < -0.39 is 5.60 Å². The summed E-state index contributed by atoms with van der Waals surface area (Å²) in [6.07, 6.45) is 16.4. The van der Waals surface area contributed by atoms with Crippen molar-refractivity contribution >= 4 is 11.8 Å². The Balaban J connectivity index is 0.000000145. The van der Waals surface area contributed by atoms with Crippen molar-refractivity contribution in [1.29, 1.82) is 0 Å². The number of hydrogen-bond donors (Lipinski definition) is 3. The number of amides is 2. The van der Waals surface area contributed by atoms with Gasteiger partial charge in [-0.25, -0.2) is 13.1 Å². The number of carbonyl (C=O) groups is 2. The number of ether oxygens (including phenoxy) is 1. The number of rotatable bonds is 7. The van der Waals surface area contributed by atoms with Gasteiger partial charge in [-0.1, -0.05) is 0 Å². The number of nitrogens with zero attached hydrogens (tertiary/aromatic N) is 4. The highest BCUT2D eigenvalue weighted by atomic mass is 16.5. The molecule has 4 unspecified atom stereocenters. The van der Waals surface area contributed by atoms with Crippen molar-refractivity contribution < 1.29 is 19.4 Å². The Kier molecular flexibility index (Phi) is 8.21. The Morgan fingerprint density at radius 2 is 1.20 bits per heavy atom. The van der Waals surface area contributed by atoms with Crippen molar-refractivity contribution in [2.75, 3.05) is 33.3 Å². The lowest BCUT2D eigenvalue weighted by atomic mass is 9.51. The molecule has 3 N–H and O–H groups in total. The summed E-state index contributed by atoms with van der Waals surface area (Å²) in [5.74, 6) is 2.91. The second-order valence-electron chi connectivity index (χ2n) is 16.5. The van der Waals surface area contributed by atoms with E-state index in [-0.39, 0.29) is 40.8 Å². The third-order valence-corrected chi connectivity index (χ3v) is 13.1. The Morgan fingerprint density at radius 1 is 0.756 bits per heavy atom. The normalized spacial score (nSPS) is 45.2. The fraction of sp³-hybridized carbons (Fsp3) is 0.886. The van der Waals surface area contributed by atoms with E-state index in [1.54, 1.807) is 9.80 Å². The van der Waals surface area contributed by atoms with Crippen LogP contribution in [0, 0.1) is 36.8 Å². The summed E-state index contributed by atoms with van der Waals surface area (Å²) in [7, 11) is 1.86. The lowest BCUT2D eigenvalue weighted by Gasteiger charge is -2.61. The predicted molar refractivity (Wildman–Crippen MR) is 168 cm³/mol. The molecule has 0 aromatic heterocycles. The quantitative estimate of drug-likeness (QED) is 0.375. The molecule has 8 aliphatic carbocycles. The molecule has 8 bridgehead atoms. The second-order valence-corrected chi connectivity index (χ2v) is 16.5. The molecule has 0 spiro atoms. The molecule has 246 valence electrons. The summed E-state index contributed by atoms with van der Waals surface area (Å²) in [5.41, 5.74) is -0.398. The van der Waals surface area contributed by atoms with Crippen LogP contribution in [0.15, 0.2) is 0 Å². The van der Waals surface area contributed by atoms with E-state index in [0.717, 1.165) is 89.1 Å². The number of likely N-dealkylation sites (tertiary alicyclic amines) is 2. The maximum Gasteiger partial charge on any atom is 0.300 e. The van der Waals surface area contributed by atoms with Gasteiger partial charge in [-0.2, -0.15) is 0 Å². The van der Waals surface area contributed by atoms with E-state index in [0.29, 0.717) is 24.9 Å². The van der Waals surface area contributed by atoms with Gasteiger partial charge in [0, 0.05) is 44.1 Å². The Morgan fingerprint density at radius 3 is 1.62 bits per heavy atom. The van der Waals surface area contributed by atoms with Gasteiger partial charge in [-0.05, 0) is 114 Å². The van der Waals surface area contributed by atoms with E-state index in [4.69, 9.17) is 17.9 Å². The van der Waals surface area contributed by atoms with Crippen LogP contribution in [0.4, 0.5) is 0 Å². The van der Waals surface area contributed by atoms with Crippen molar-refractivity contribution in [3.63, 3.8) is 0 Å². The van der Waals surface area contributed by atoms with Crippen LogP contribution in [-0.4, -0.2) is 94.6 Å². The molecule has 2 heterocycles. The summed E-state index contributed by atoms with van der Waals surface area (Å²) in [4.78, 5) is 35.7. The van der Waals surface area contributed by atoms with Gasteiger partial charge in [0.1, 0.15) is 0 Å². The maximum atomic E-state index is 12.5. The van der Waals surface area contributed by atoms with Gasteiger partial charge in [0.05, 0.1) is 24.3 Å². The Bertz CT molecular complexity index is 1230. The van der Waals surface area contributed by atoms with Crippen molar-refractivity contribution in [2.45, 2.75) is 137 Å². The van der Waals surface area contributed by atoms with E-state index >= 15 is 0 Å². The lowest BCUT2D eigenvalue weighted by Crippen LogP contribution is -2.65. The molecular weight excluding hydrogens is 568 g/mol. The Hall–Kier alpha value is -2.24. The van der Waals surface area contributed by atoms with Crippen LogP contribution >= 0.6 is 0 Å². The minimum atomic E-state index is -0.493. The fourth-order valence-electron chi connectivity index (χ4n) is 12.1. The van der Waals surface area contributed by atoms with Crippen molar-refractivity contribution in [3.05, 3.63) is 22.8 Å². The minimum absolute atomic E-state index is 0.0399. The highest BCUT2D eigenvalue weighted by Gasteiger charge is 2.59. The summed E-state index contributed by atoms with van der Waals surface area (Å²) < 4.78 is 5.94. The third kappa shape index (κ3) is 6.02. The van der Waals surface area contributed by atoms with Gasteiger partial charge in [-0.3, -0.25) is 29.1 Å². The van der Waals surface area contributed by atoms with Crippen molar-refractivity contribution in [3.8, 4) is 0 Å². The van der Waals surface area contributed by atoms with Crippen LogP contribution in [-0.2, 0) is 14.3 Å². The van der Waals surface area contributed by atoms with E-state index in [9.17, 15) is 14.7 Å². The lowest BCUT2D eigenvalue weighted by molar-refractivity contribution is -0.162. The minimum Gasteiger partial charge on any atom is -0.390 e. The molecule has 10 nitrogen and oxygen atoms in total. The van der Waals surface area contributed by atoms with Gasteiger partial charge in [-0.15, -0.1) is 0 Å². The first-order chi connectivity index (χ1) is 21.6. The average Bonchev–Trinajstić information content (AvgIpc) is 3.67. The summed E-state index contributed by atoms with van der Waals surface area (Å²) in [5, 5.41) is 17.9. The molecule has 0 aromatic rings. The molecule has 0 aromatic carbocycles. The zero-order valence-corrected chi connectivity index (χ0v) is 27.1. The molecule has 0 radical (unpaired) electrons. The smallest absolute Gasteiger partial charge is 0.300 e.